The van der Waals surface area contributed by atoms with Gasteiger partial charge in [0.15, 0.2) is 0 Å². The van der Waals surface area contributed by atoms with E-state index >= 15 is 0 Å². The molecule has 2 aromatic carbocycles. The predicted molar refractivity (Wildman–Crippen MR) is 130 cm³/mol. The van der Waals surface area contributed by atoms with Crippen molar-refractivity contribution in [3.05, 3.63) is 66.4 Å². The lowest BCUT2D eigenvalue weighted by molar-refractivity contribution is 0.290. The van der Waals surface area contributed by atoms with Crippen molar-refractivity contribution < 1.29 is 21.6 Å². The maximum absolute atomic E-state index is 12.4. The van der Waals surface area contributed by atoms with E-state index in [1.54, 1.807) is 36.5 Å². The number of ether oxygens (including phenoxy) is 1. The summed E-state index contributed by atoms with van der Waals surface area (Å²) in [7, 11) is -6.81. The van der Waals surface area contributed by atoms with Gasteiger partial charge in [0.2, 0.25) is 20.0 Å². The van der Waals surface area contributed by atoms with Gasteiger partial charge in [-0.3, -0.25) is 9.71 Å². The second-order valence-corrected chi connectivity index (χ2v) is 11.3. The molecule has 0 aliphatic rings. The largest absolute Gasteiger partial charge is 0.494 e. The van der Waals surface area contributed by atoms with Gasteiger partial charge in [0.1, 0.15) is 5.75 Å². The van der Waals surface area contributed by atoms with Crippen molar-refractivity contribution in [2.75, 3.05) is 24.3 Å². The van der Waals surface area contributed by atoms with Gasteiger partial charge in [-0.15, -0.1) is 0 Å². The van der Waals surface area contributed by atoms with Crippen molar-refractivity contribution in [3.8, 4) is 5.75 Å². The van der Waals surface area contributed by atoms with Crippen LogP contribution in [-0.4, -0.2) is 47.4 Å². The van der Waals surface area contributed by atoms with Crippen molar-refractivity contribution in [3.63, 3.8) is 0 Å². The summed E-state index contributed by atoms with van der Waals surface area (Å²) in [6.07, 6.45) is 3.45. The Hall–Kier alpha value is -2.73. The molecule has 9 nitrogen and oxygen atoms in total. The number of aromatic nitrogens is 1. The lowest BCUT2D eigenvalue weighted by Gasteiger charge is -2.15. The molecule has 0 amide bonds. The van der Waals surface area contributed by atoms with Crippen LogP contribution in [0.4, 0.5) is 5.69 Å². The lowest BCUT2D eigenvalue weighted by atomic mass is 10.1. The smallest absolute Gasteiger partial charge is 0.229 e. The van der Waals surface area contributed by atoms with Gasteiger partial charge >= 0.3 is 0 Å². The van der Waals surface area contributed by atoms with Crippen LogP contribution in [0.3, 0.4) is 0 Å². The first kappa shape index (κ1) is 24.9. The molecule has 0 spiro atoms. The van der Waals surface area contributed by atoms with Gasteiger partial charge in [0.05, 0.1) is 30.8 Å². The van der Waals surface area contributed by atoms with Crippen molar-refractivity contribution in [1.82, 2.24) is 15.0 Å². The van der Waals surface area contributed by atoms with Crippen LogP contribution in [0.1, 0.15) is 18.9 Å². The topological polar surface area (TPSA) is 126 Å². The molecule has 0 aliphatic carbocycles. The molecule has 11 heteroatoms. The minimum Gasteiger partial charge on any atom is -0.494 e. The molecular formula is C22H28N4O5S2. The van der Waals surface area contributed by atoms with Crippen molar-refractivity contribution in [2.45, 2.75) is 25.1 Å². The summed E-state index contributed by atoms with van der Waals surface area (Å²) < 4.78 is 57.9. The first-order chi connectivity index (χ1) is 15.6. The number of nitrogens with zero attached hydrogens (tertiary/aromatic N) is 1. The summed E-state index contributed by atoms with van der Waals surface area (Å²) in [5, 5.41) is 4.02. The molecular weight excluding hydrogens is 464 g/mol. The van der Waals surface area contributed by atoms with E-state index in [0.29, 0.717) is 30.0 Å². The Kier molecular flexibility index (Phi) is 8.25. The quantitative estimate of drug-likeness (QED) is 0.332. The molecule has 1 aromatic heterocycles. The zero-order valence-electron chi connectivity index (χ0n) is 18.5. The molecule has 33 heavy (non-hydrogen) atoms. The number of fused-ring (bicyclic) bond motifs is 1. The van der Waals surface area contributed by atoms with Gasteiger partial charge in [-0.1, -0.05) is 12.1 Å². The maximum Gasteiger partial charge on any atom is 0.229 e. The van der Waals surface area contributed by atoms with Gasteiger partial charge in [0, 0.05) is 23.3 Å². The minimum atomic E-state index is -3.49. The van der Waals surface area contributed by atoms with E-state index < -0.39 is 20.0 Å². The highest BCUT2D eigenvalue weighted by atomic mass is 32.2. The standard InChI is InChI=1S/C22H28N4O5S2/c1-17(11-13-31-21-8-6-20(7-9-21)26-32(2,27)28)24-16-25-33(29,30)15-18-5-10-22-19(14-18)4-3-12-23-22/h3-10,12,14,17,24-26H,11,13,15-16H2,1-2H3. The third-order valence-electron chi connectivity index (χ3n) is 4.74. The fourth-order valence-corrected chi connectivity index (χ4v) is 4.69. The third kappa shape index (κ3) is 8.61. The van der Waals surface area contributed by atoms with E-state index in [1.165, 1.54) is 0 Å². The average Bonchev–Trinajstić information content (AvgIpc) is 2.73. The molecule has 178 valence electrons. The van der Waals surface area contributed by atoms with Crippen LogP contribution in [0.2, 0.25) is 0 Å². The Labute approximate surface area is 194 Å². The molecule has 1 heterocycles. The van der Waals surface area contributed by atoms with Crippen LogP contribution >= 0.6 is 0 Å². The number of rotatable bonds is 12. The second kappa shape index (κ2) is 10.9. The highest BCUT2D eigenvalue weighted by Gasteiger charge is 2.12. The number of pyridine rings is 1. The van der Waals surface area contributed by atoms with Crippen LogP contribution in [0, 0.1) is 0 Å². The highest BCUT2D eigenvalue weighted by molar-refractivity contribution is 7.92. The Morgan fingerprint density at radius 2 is 1.79 bits per heavy atom. The third-order valence-corrected chi connectivity index (χ3v) is 6.65. The maximum atomic E-state index is 12.4. The molecule has 1 unspecified atom stereocenters. The zero-order chi connectivity index (χ0) is 23.9. The fraction of sp³-hybridized carbons (Fsp3) is 0.318. The van der Waals surface area contributed by atoms with Gasteiger partial charge in [0.25, 0.3) is 0 Å². The summed E-state index contributed by atoms with van der Waals surface area (Å²) in [5.74, 6) is 0.508. The van der Waals surface area contributed by atoms with E-state index in [2.05, 4.69) is 19.7 Å². The normalized spacial score (nSPS) is 13.0. The summed E-state index contributed by atoms with van der Waals surface area (Å²) in [4.78, 5) is 4.24. The van der Waals surface area contributed by atoms with Crippen molar-refractivity contribution in [1.29, 1.82) is 0 Å². The summed E-state index contributed by atoms with van der Waals surface area (Å²) in [5.41, 5.74) is 1.99. The van der Waals surface area contributed by atoms with Gasteiger partial charge < -0.3 is 10.1 Å². The van der Waals surface area contributed by atoms with E-state index in [9.17, 15) is 16.8 Å². The Balaban J connectivity index is 1.38. The second-order valence-electron chi connectivity index (χ2n) is 7.75. The first-order valence-corrected chi connectivity index (χ1v) is 13.9. The summed E-state index contributed by atoms with van der Waals surface area (Å²) in [6, 6.07) is 15.8. The minimum absolute atomic E-state index is 0.0191. The molecule has 0 radical (unpaired) electrons. The van der Waals surface area contributed by atoms with Crippen molar-refractivity contribution >= 4 is 36.6 Å². The van der Waals surface area contributed by atoms with E-state index in [4.69, 9.17) is 4.74 Å². The van der Waals surface area contributed by atoms with Crippen LogP contribution in [0.5, 0.6) is 5.75 Å². The van der Waals surface area contributed by atoms with Crippen LogP contribution < -0.4 is 19.5 Å². The Morgan fingerprint density at radius 3 is 2.52 bits per heavy atom. The lowest BCUT2D eigenvalue weighted by Crippen LogP contribution is -2.39. The number of hydrogen-bond acceptors (Lipinski definition) is 7. The Bertz CT molecular complexity index is 1280. The van der Waals surface area contributed by atoms with E-state index in [-0.39, 0.29) is 18.5 Å². The summed E-state index contributed by atoms with van der Waals surface area (Å²) >= 11 is 0. The zero-order valence-corrected chi connectivity index (χ0v) is 20.1. The monoisotopic (exact) mass is 492 g/mol. The molecule has 3 aromatic rings. The van der Waals surface area contributed by atoms with Crippen LogP contribution in [-0.2, 0) is 25.8 Å². The van der Waals surface area contributed by atoms with Crippen LogP contribution in [0.15, 0.2) is 60.8 Å². The number of nitrogens with one attached hydrogen (secondary N) is 3. The molecule has 0 saturated carbocycles. The molecule has 0 bridgehead atoms. The molecule has 0 fully saturated rings. The fourth-order valence-electron chi connectivity index (χ4n) is 3.10. The van der Waals surface area contributed by atoms with Crippen LogP contribution in [0.25, 0.3) is 10.9 Å². The first-order valence-electron chi connectivity index (χ1n) is 10.3. The number of hydrogen-bond donors (Lipinski definition) is 3. The predicted octanol–water partition coefficient (Wildman–Crippen LogP) is 2.43. The number of sulfonamides is 2. The average molecular weight is 493 g/mol. The molecule has 1 atom stereocenters. The van der Waals surface area contributed by atoms with Crippen molar-refractivity contribution in [2.24, 2.45) is 0 Å². The highest BCUT2D eigenvalue weighted by Crippen LogP contribution is 2.17. The molecule has 3 rings (SSSR count). The molecule has 0 saturated heterocycles. The SMILES string of the molecule is CC(CCOc1ccc(NS(C)(=O)=O)cc1)NCNS(=O)(=O)Cc1ccc2ncccc2c1. The van der Waals surface area contributed by atoms with Gasteiger partial charge in [-0.25, -0.2) is 21.6 Å². The van der Waals surface area contributed by atoms with E-state index in [1.807, 2.05) is 31.2 Å². The van der Waals surface area contributed by atoms with Gasteiger partial charge in [-0.2, -0.15) is 0 Å². The molecule has 3 N–H and O–H groups in total. The van der Waals surface area contributed by atoms with E-state index in [0.717, 1.165) is 17.2 Å². The number of benzene rings is 2. The Morgan fingerprint density at radius 1 is 1.03 bits per heavy atom. The molecule has 0 aliphatic heterocycles. The summed E-state index contributed by atoms with van der Waals surface area (Å²) in [6.45, 7) is 2.47. The number of anilines is 1. The van der Waals surface area contributed by atoms with Gasteiger partial charge in [-0.05, 0) is 61.4 Å².